The number of pyridine rings is 1. The summed E-state index contributed by atoms with van der Waals surface area (Å²) in [5, 5.41) is 10.00. The van der Waals surface area contributed by atoms with Crippen molar-refractivity contribution in [3.05, 3.63) is 35.7 Å². The Hall–Kier alpha value is -2.01. The number of rotatable bonds is 4. The highest BCUT2D eigenvalue weighted by molar-refractivity contribution is 5.57. The van der Waals surface area contributed by atoms with Gasteiger partial charge in [0.15, 0.2) is 5.82 Å². The molecule has 0 atom stereocenters. The van der Waals surface area contributed by atoms with Gasteiger partial charge in [0.05, 0.1) is 5.60 Å². The quantitative estimate of drug-likeness (QED) is 0.935. The Kier molecular flexibility index (Phi) is 4.23. The molecule has 0 unspecified atom stereocenters. The molecule has 5 nitrogen and oxygen atoms in total. The molecule has 2 aromatic heterocycles. The highest BCUT2D eigenvalue weighted by Gasteiger charge is 2.20. The van der Waals surface area contributed by atoms with Gasteiger partial charge in [-0.2, -0.15) is 0 Å². The maximum absolute atomic E-state index is 10.00. The molecular formula is C16H22N4O. The van der Waals surface area contributed by atoms with Gasteiger partial charge in [0.2, 0.25) is 0 Å². The Morgan fingerprint density at radius 1 is 1.19 bits per heavy atom. The van der Waals surface area contributed by atoms with E-state index in [0.29, 0.717) is 12.4 Å². The van der Waals surface area contributed by atoms with Crippen LogP contribution < -0.4 is 4.90 Å². The van der Waals surface area contributed by atoms with Gasteiger partial charge in [-0.25, -0.2) is 9.97 Å². The molecule has 2 aromatic rings. The first-order valence-corrected chi connectivity index (χ1v) is 6.98. The van der Waals surface area contributed by atoms with Crippen molar-refractivity contribution in [1.82, 2.24) is 15.0 Å². The molecule has 112 valence electrons. The monoisotopic (exact) mass is 286 g/mol. The molecule has 1 N–H and O–H groups in total. The molecule has 0 bridgehead atoms. The molecule has 0 aromatic carbocycles. The van der Waals surface area contributed by atoms with Crippen molar-refractivity contribution in [3.8, 4) is 11.5 Å². The topological polar surface area (TPSA) is 62.1 Å². The average Bonchev–Trinajstić information content (AvgIpc) is 2.40. The fraction of sp³-hybridized carbons (Fsp3) is 0.438. The van der Waals surface area contributed by atoms with Crippen LogP contribution in [0.4, 0.5) is 5.82 Å². The fourth-order valence-corrected chi connectivity index (χ4v) is 2.25. The van der Waals surface area contributed by atoms with Gasteiger partial charge in [0.1, 0.15) is 11.5 Å². The van der Waals surface area contributed by atoms with Crippen molar-refractivity contribution in [1.29, 1.82) is 0 Å². The van der Waals surface area contributed by atoms with Crippen molar-refractivity contribution in [2.24, 2.45) is 0 Å². The summed E-state index contributed by atoms with van der Waals surface area (Å²) in [5.74, 6) is 1.43. The second-order valence-corrected chi connectivity index (χ2v) is 5.96. The van der Waals surface area contributed by atoms with E-state index in [-0.39, 0.29) is 0 Å². The van der Waals surface area contributed by atoms with Gasteiger partial charge >= 0.3 is 0 Å². The fourth-order valence-electron chi connectivity index (χ4n) is 2.25. The van der Waals surface area contributed by atoms with E-state index in [2.05, 4.69) is 15.0 Å². The molecule has 2 heterocycles. The summed E-state index contributed by atoms with van der Waals surface area (Å²) < 4.78 is 0. The van der Waals surface area contributed by atoms with Gasteiger partial charge < -0.3 is 10.0 Å². The van der Waals surface area contributed by atoms with E-state index in [4.69, 9.17) is 0 Å². The minimum absolute atomic E-state index is 0.492. The Labute approximate surface area is 125 Å². The Morgan fingerprint density at radius 3 is 2.48 bits per heavy atom. The van der Waals surface area contributed by atoms with Crippen LogP contribution in [0.2, 0.25) is 0 Å². The number of aromatic nitrogens is 3. The molecule has 21 heavy (non-hydrogen) atoms. The molecule has 0 saturated heterocycles. The van der Waals surface area contributed by atoms with E-state index in [1.54, 1.807) is 20.0 Å². The predicted octanol–water partition coefficient (Wildman–Crippen LogP) is 2.36. The number of aryl methyl sites for hydroxylation is 1. The zero-order valence-electron chi connectivity index (χ0n) is 13.3. The predicted molar refractivity (Wildman–Crippen MR) is 84.3 cm³/mol. The molecular weight excluding hydrogens is 264 g/mol. The first-order valence-electron chi connectivity index (χ1n) is 6.98. The van der Waals surface area contributed by atoms with Gasteiger partial charge in [-0.1, -0.05) is 6.07 Å². The summed E-state index contributed by atoms with van der Waals surface area (Å²) >= 11 is 0. The number of hydrogen-bond donors (Lipinski definition) is 1. The van der Waals surface area contributed by atoms with Crippen molar-refractivity contribution < 1.29 is 5.11 Å². The maximum atomic E-state index is 10.00. The number of aliphatic hydroxyl groups is 1. The smallest absolute Gasteiger partial charge is 0.180 e. The summed E-state index contributed by atoms with van der Waals surface area (Å²) in [4.78, 5) is 15.4. The van der Waals surface area contributed by atoms with Crippen LogP contribution in [0.3, 0.4) is 0 Å². The highest BCUT2D eigenvalue weighted by atomic mass is 16.3. The molecule has 2 rings (SSSR count). The lowest BCUT2D eigenvalue weighted by Gasteiger charge is -2.28. The van der Waals surface area contributed by atoms with Crippen LogP contribution in [0.5, 0.6) is 0 Å². The molecule has 0 spiro atoms. The average molecular weight is 286 g/mol. The normalized spacial score (nSPS) is 11.5. The SMILES string of the molecule is Cc1nc(-c2ccccn2)nc(N(C)CC(C)(C)O)c1C. The van der Waals surface area contributed by atoms with Gasteiger partial charge in [0, 0.05) is 31.0 Å². The lowest BCUT2D eigenvalue weighted by Crippen LogP contribution is -2.37. The molecule has 0 saturated carbocycles. The standard InChI is InChI=1S/C16H22N4O/c1-11-12(2)18-14(13-8-6-7-9-17-13)19-15(11)20(5)10-16(3,4)21/h6-9,21H,10H2,1-5H3. The first kappa shape index (κ1) is 15.4. The van der Waals surface area contributed by atoms with Gasteiger partial charge in [0.25, 0.3) is 0 Å². The maximum Gasteiger partial charge on any atom is 0.180 e. The van der Waals surface area contributed by atoms with E-state index in [9.17, 15) is 5.11 Å². The summed E-state index contributed by atoms with van der Waals surface area (Å²) in [6, 6.07) is 5.68. The molecule has 0 aliphatic carbocycles. The van der Waals surface area contributed by atoms with Crippen molar-refractivity contribution in [3.63, 3.8) is 0 Å². The third-order valence-electron chi connectivity index (χ3n) is 3.24. The zero-order valence-corrected chi connectivity index (χ0v) is 13.3. The van der Waals surface area contributed by atoms with Crippen LogP contribution in [0.25, 0.3) is 11.5 Å². The Morgan fingerprint density at radius 2 is 1.90 bits per heavy atom. The van der Waals surface area contributed by atoms with Gasteiger partial charge in [-0.15, -0.1) is 0 Å². The molecule has 0 radical (unpaired) electrons. The minimum Gasteiger partial charge on any atom is -0.389 e. The Balaban J connectivity index is 2.44. The van der Waals surface area contributed by atoms with Crippen LogP contribution in [0.15, 0.2) is 24.4 Å². The largest absolute Gasteiger partial charge is 0.389 e. The summed E-state index contributed by atoms with van der Waals surface area (Å²) in [5.41, 5.74) is 1.90. The Bertz CT molecular complexity index is 620. The molecule has 5 heteroatoms. The first-order chi connectivity index (χ1) is 9.78. The van der Waals surface area contributed by atoms with E-state index >= 15 is 0 Å². The van der Waals surface area contributed by atoms with Crippen LogP contribution in [0, 0.1) is 13.8 Å². The summed E-state index contributed by atoms with van der Waals surface area (Å²) in [6.45, 7) is 8.02. The number of hydrogen-bond acceptors (Lipinski definition) is 5. The molecule has 0 aliphatic rings. The van der Waals surface area contributed by atoms with Crippen LogP contribution in [-0.4, -0.2) is 39.3 Å². The van der Waals surface area contributed by atoms with Crippen LogP contribution >= 0.6 is 0 Å². The van der Waals surface area contributed by atoms with E-state index in [1.165, 1.54) is 0 Å². The molecule has 0 fully saturated rings. The number of nitrogens with zero attached hydrogens (tertiary/aromatic N) is 4. The van der Waals surface area contributed by atoms with E-state index in [1.807, 2.05) is 44.0 Å². The highest BCUT2D eigenvalue weighted by Crippen LogP contribution is 2.23. The second kappa shape index (κ2) is 5.77. The number of likely N-dealkylation sites (N-methyl/N-ethyl adjacent to an activating group) is 1. The van der Waals surface area contributed by atoms with Crippen LogP contribution in [0.1, 0.15) is 25.1 Å². The van der Waals surface area contributed by atoms with Crippen molar-refractivity contribution in [2.45, 2.75) is 33.3 Å². The van der Waals surface area contributed by atoms with E-state index in [0.717, 1.165) is 22.8 Å². The third kappa shape index (κ3) is 3.76. The van der Waals surface area contributed by atoms with Crippen molar-refractivity contribution in [2.75, 3.05) is 18.5 Å². The lowest BCUT2D eigenvalue weighted by molar-refractivity contribution is 0.0884. The zero-order chi connectivity index (χ0) is 15.6. The number of anilines is 1. The second-order valence-electron chi connectivity index (χ2n) is 5.96. The van der Waals surface area contributed by atoms with E-state index < -0.39 is 5.60 Å². The summed E-state index contributed by atoms with van der Waals surface area (Å²) in [7, 11) is 1.93. The summed E-state index contributed by atoms with van der Waals surface area (Å²) in [6.07, 6.45) is 1.73. The van der Waals surface area contributed by atoms with Crippen molar-refractivity contribution >= 4 is 5.82 Å². The molecule has 0 aliphatic heterocycles. The van der Waals surface area contributed by atoms with Crippen LogP contribution in [-0.2, 0) is 0 Å². The molecule has 0 amide bonds. The third-order valence-corrected chi connectivity index (χ3v) is 3.24. The van der Waals surface area contributed by atoms with Gasteiger partial charge in [-0.05, 0) is 39.8 Å². The minimum atomic E-state index is -0.787. The van der Waals surface area contributed by atoms with Gasteiger partial charge in [-0.3, -0.25) is 4.98 Å². The lowest BCUT2D eigenvalue weighted by atomic mass is 10.1.